The van der Waals surface area contributed by atoms with E-state index < -0.39 is 0 Å². The summed E-state index contributed by atoms with van der Waals surface area (Å²) in [7, 11) is 0. The van der Waals surface area contributed by atoms with Crippen LogP contribution in [0.25, 0.3) is 0 Å². The summed E-state index contributed by atoms with van der Waals surface area (Å²) in [5, 5.41) is 0. The average molecular weight is 239 g/mol. The molecule has 0 saturated heterocycles. The zero-order chi connectivity index (χ0) is 12.4. The molecule has 3 rings (SSSR count). The van der Waals surface area contributed by atoms with Crippen molar-refractivity contribution in [3.63, 3.8) is 0 Å². The van der Waals surface area contributed by atoms with Crippen LogP contribution in [0, 0.1) is 0 Å². The van der Waals surface area contributed by atoms with Gasteiger partial charge in [0.25, 0.3) is 0 Å². The van der Waals surface area contributed by atoms with Crippen LogP contribution >= 0.6 is 0 Å². The molecule has 1 aliphatic heterocycles. The number of benzene rings is 2. The summed E-state index contributed by atoms with van der Waals surface area (Å²) >= 11 is 0. The van der Waals surface area contributed by atoms with Gasteiger partial charge in [0.1, 0.15) is 5.75 Å². The van der Waals surface area contributed by atoms with E-state index in [1.807, 2.05) is 18.2 Å². The summed E-state index contributed by atoms with van der Waals surface area (Å²) in [5.74, 6) is 1.00. The third kappa shape index (κ3) is 2.00. The van der Waals surface area contributed by atoms with Gasteiger partial charge in [0, 0.05) is 5.56 Å². The van der Waals surface area contributed by atoms with Crippen molar-refractivity contribution in [1.82, 2.24) is 0 Å². The van der Waals surface area contributed by atoms with Gasteiger partial charge < -0.3 is 10.5 Å². The van der Waals surface area contributed by atoms with Gasteiger partial charge in [0.15, 0.2) is 0 Å². The zero-order valence-corrected chi connectivity index (χ0v) is 10.3. The number of ether oxygens (including phenoxy) is 1. The topological polar surface area (TPSA) is 35.2 Å². The third-order valence-corrected chi connectivity index (χ3v) is 3.46. The number of rotatable bonds is 2. The highest BCUT2D eigenvalue weighted by atomic mass is 16.5. The van der Waals surface area contributed by atoms with Crippen LogP contribution in [0.2, 0.25) is 0 Å². The van der Waals surface area contributed by atoms with Crippen LogP contribution < -0.4 is 10.5 Å². The van der Waals surface area contributed by atoms with Crippen LogP contribution in [-0.2, 0) is 6.42 Å². The van der Waals surface area contributed by atoms with Crippen molar-refractivity contribution >= 4 is 0 Å². The Labute approximate surface area is 107 Å². The normalized spacial score (nSPS) is 15.6. The lowest BCUT2D eigenvalue weighted by molar-refractivity contribution is 0.284. The number of fused-ring (bicyclic) bond motifs is 1. The van der Waals surface area contributed by atoms with Gasteiger partial charge in [-0.15, -0.1) is 0 Å². The van der Waals surface area contributed by atoms with Gasteiger partial charge in [0.05, 0.1) is 12.6 Å². The molecule has 1 atom stereocenters. The van der Waals surface area contributed by atoms with Crippen LogP contribution in [-0.4, -0.2) is 6.61 Å². The number of hydrogen-bond acceptors (Lipinski definition) is 2. The second-order valence-corrected chi connectivity index (χ2v) is 4.68. The van der Waals surface area contributed by atoms with Gasteiger partial charge in [-0.3, -0.25) is 0 Å². The monoisotopic (exact) mass is 239 g/mol. The SMILES string of the molecule is NC(c1ccccc1)c1cccc2c1OCCC2. The molecule has 2 N–H and O–H groups in total. The summed E-state index contributed by atoms with van der Waals surface area (Å²) < 4.78 is 5.82. The van der Waals surface area contributed by atoms with Gasteiger partial charge >= 0.3 is 0 Å². The quantitative estimate of drug-likeness (QED) is 0.874. The number of aryl methyl sites for hydroxylation is 1. The maximum atomic E-state index is 6.36. The highest BCUT2D eigenvalue weighted by Crippen LogP contribution is 2.34. The fraction of sp³-hybridized carbons (Fsp3) is 0.250. The number of para-hydroxylation sites is 1. The van der Waals surface area contributed by atoms with Gasteiger partial charge in [0.2, 0.25) is 0 Å². The molecule has 18 heavy (non-hydrogen) atoms. The van der Waals surface area contributed by atoms with E-state index in [1.54, 1.807) is 0 Å². The molecule has 1 heterocycles. The van der Waals surface area contributed by atoms with Crippen LogP contribution in [0.4, 0.5) is 0 Å². The molecule has 2 heteroatoms. The van der Waals surface area contributed by atoms with Gasteiger partial charge in [-0.25, -0.2) is 0 Å². The summed E-state index contributed by atoms with van der Waals surface area (Å²) in [5.41, 5.74) is 9.86. The Morgan fingerprint density at radius 3 is 2.67 bits per heavy atom. The zero-order valence-electron chi connectivity index (χ0n) is 10.3. The Hall–Kier alpha value is -1.80. The minimum Gasteiger partial charge on any atom is -0.493 e. The Morgan fingerprint density at radius 2 is 1.83 bits per heavy atom. The van der Waals surface area contributed by atoms with E-state index in [1.165, 1.54) is 5.56 Å². The first-order valence-corrected chi connectivity index (χ1v) is 6.41. The van der Waals surface area contributed by atoms with Crippen molar-refractivity contribution < 1.29 is 4.74 Å². The molecule has 1 unspecified atom stereocenters. The first kappa shape index (κ1) is 11.3. The van der Waals surface area contributed by atoms with E-state index in [4.69, 9.17) is 10.5 Å². The Morgan fingerprint density at radius 1 is 1.00 bits per heavy atom. The maximum Gasteiger partial charge on any atom is 0.127 e. The molecule has 1 aliphatic rings. The molecule has 92 valence electrons. The predicted octanol–water partition coefficient (Wildman–Crippen LogP) is 3.06. The van der Waals surface area contributed by atoms with Crippen molar-refractivity contribution in [1.29, 1.82) is 0 Å². The molecule has 0 spiro atoms. The predicted molar refractivity (Wildman–Crippen MR) is 72.7 cm³/mol. The van der Waals surface area contributed by atoms with E-state index in [-0.39, 0.29) is 6.04 Å². The lowest BCUT2D eigenvalue weighted by atomic mass is 9.94. The molecule has 0 fully saturated rings. The highest BCUT2D eigenvalue weighted by Gasteiger charge is 2.19. The van der Waals surface area contributed by atoms with Gasteiger partial charge in [-0.2, -0.15) is 0 Å². The molecular weight excluding hydrogens is 222 g/mol. The molecule has 0 radical (unpaired) electrons. The molecule has 0 saturated carbocycles. The smallest absolute Gasteiger partial charge is 0.127 e. The van der Waals surface area contributed by atoms with E-state index in [2.05, 4.69) is 30.3 Å². The molecule has 0 aliphatic carbocycles. The first-order valence-electron chi connectivity index (χ1n) is 6.41. The first-order chi connectivity index (χ1) is 8.86. The molecule has 2 aromatic carbocycles. The van der Waals surface area contributed by atoms with Crippen LogP contribution in [0.3, 0.4) is 0 Å². The van der Waals surface area contributed by atoms with Crippen LogP contribution in [0.1, 0.15) is 29.2 Å². The van der Waals surface area contributed by atoms with Crippen molar-refractivity contribution in [2.75, 3.05) is 6.61 Å². The highest BCUT2D eigenvalue weighted by molar-refractivity contribution is 5.47. The average Bonchev–Trinajstić information content (AvgIpc) is 2.47. The van der Waals surface area contributed by atoms with E-state index in [9.17, 15) is 0 Å². The minimum atomic E-state index is -0.112. The van der Waals surface area contributed by atoms with Crippen molar-refractivity contribution in [3.8, 4) is 5.75 Å². The van der Waals surface area contributed by atoms with Gasteiger partial charge in [-0.05, 0) is 24.0 Å². The summed E-state index contributed by atoms with van der Waals surface area (Å²) in [6.45, 7) is 0.797. The summed E-state index contributed by atoms with van der Waals surface area (Å²) in [6.07, 6.45) is 2.18. The summed E-state index contributed by atoms with van der Waals surface area (Å²) in [4.78, 5) is 0. The van der Waals surface area contributed by atoms with Gasteiger partial charge in [-0.1, -0.05) is 48.5 Å². The largest absolute Gasteiger partial charge is 0.493 e. The maximum absolute atomic E-state index is 6.36. The molecule has 2 aromatic rings. The Kier molecular flexibility index (Phi) is 3.03. The minimum absolute atomic E-state index is 0.112. The fourth-order valence-electron chi connectivity index (χ4n) is 2.50. The molecule has 0 amide bonds. The molecule has 2 nitrogen and oxygen atoms in total. The second-order valence-electron chi connectivity index (χ2n) is 4.68. The number of nitrogens with two attached hydrogens (primary N) is 1. The number of hydrogen-bond donors (Lipinski definition) is 1. The third-order valence-electron chi connectivity index (χ3n) is 3.46. The Bertz CT molecular complexity index is 536. The Balaban J connectivity index is 2.02. The van der Waals surface area contributed by atoms with Crippen molar-refractivity contribution in [2.24, 2.45) is 5.73 Å². The van der Waals surface area contributed by atoms with E-state index in [0.717, 1.165) is 36.3 Å². The van der Waals surface area contributed by atoms with E-state index >= 15 is 0 Å². The lowest BCUT2D eigenvalue weighted by Crippen LogP contribution is -2.17. The summed E-state index contributed by atoms with van der Waals surface area (Å²) in [6, 6.07) is 16.3. The van der Waals surface area contributed by atoms with Crippen LogP contribution in [0.5, 0.6) is 5.75 Å². The van der Waals surface area contributed by atoms with Crippen LogP contribution in [0.15, 0.2) is 48.5 Å². The molecular formula is C16H17NO. The van der Waals surface area contributed by atoms with Crippen molar-refractivity contribution in [2.45, 2.75) is 18.9 Å². The van der Waals surface area contributed by atoms with Crippen molar-refractivity contribution in [3.05, 3.63) is 65.2 Å². The molecule has 0 bridgehead atoms. The van der Waals surface area contributed by atoms with E-state index in [0.29, 0.717) is 0 Å². The fourth-order valence-corrected chi connectivity index (χ4v) is 2.50. The molecule has 0 aromatic heterocycles. The standard InChI is InChI=1S/C16H17NO/c17-15(12-6-2-1-3-7-12)14-10-4-8-13-9-5-11-18-16(13)14/h1-4,6-8,10,15H,5,9,11,17H2. The lowest BCUT2D eigenvalue weighted by Gasteiger charge is -2.23. The second kappa shape index (κ2) is 4.83.